The molecule has 0 amide bonds. The van der Waals surface area contributed by atoms with E-state index in [0.717, 1.165) is 17.7 Å². The molecule has 0 saturated carbocycles. The monoisotopic (exact) mass is 249 g/mol. The maximum Gasteiger partial charge on any atom is 0.184 e. The summed E-state index contributed by atoms with van der Waals surface area (Å²) in [5.41, 5.74) is 11.2. The molecule has 0 fully saturated rings. The molecule has 0 aliphatic heterocycles. The second-order valence-electron chi connectivity index (χ2n) is 3.97. The van der Waals surface area contributed by atoms with E-state index in [1.807, 2.05) is 6.92 Å². The molecule has 3 N–H and O–H groups in total. The van der Waals surface area contributed by atoms with Crippen molar-refractivity contribution in [3.05, 3.63) is 35.4 Å². The summed E-state index contributed by atoms with van der Waals surface area (Å²) in [5.74, 6) is 0. The number of benzene rings is 1. The lowest BCUT2D eigenvalue weighted by Crippen LogP contribution is -2.25. The van der Waals surface area contributed by atoms with Crippen LogP contribution in [0.1, 0.15) is 37.8 Å². The van der Waals surface area contributed by atoms with E-state index in [9.17, 15) is 0 Å². The van der Waals surface area contributed by atoms with Gasteiger partial charge in [-0.25, -0.2) is 0 Å². The van der Waals surface area contributed by atoms with Crippen LogP contribution in [0.3, 0.4) is 0 Å². The lowest BCUT2D eigenvalue weighted by atomic mass is 10.0. The first-order valence-corrected chi connectivity index (χ1v) is 6.23. The fourth-order valence-electron chi connectivity index (χ4n) is 1.50. The predicted molar refractivity (Wildman–Crippen MR) is 77.2 cm³/mol. The number of thiocarbonyl (C=S) groups is 1. The fraction of sp³-hybridized carbons (Fsp3) is 0.385. The molecule has 3 nitrogen and oxygen atoms in total. The van der Waals surface area contributed by atoms with Gasteiger partial charge in [0.1, 0.15) is 0 Å². The summed E-state index contributed by atoms with van der Waals surface area (Å²) in [4.78, 5) is 0. The van der Waals surface area contributed by atoms with Crippen LogP contribution in [0.4, 0.5) is 0 Å². The van der Waals surface area contributed by atoms with Gasteiger partial charge in [-0.2, -0.15) is 5.10 Å². The maximum absolute atomic E-state index is 5.31. The Morgan fingerprint density at radius 2 is 2.00 bits per heavy atom. The molecule has 0 aliphatic carbocycles. The summed E-state index contributed by atoms with van der Waals surface area (Å²) in [7, 11) is 0. The number of nitrogens with one attached hydrogen (secondary N) is 1. The molecule has 0 atom stereocenters. The molecular formula is C13H19N3S. The largest absolute Gasteiger partial charge is 0.375 e. The van der Waals surface area contributed by atoms with Gasteiger partial charge in [-0.1, -0.05) is 37.6 Å². The first-order valence-electron chi connectivity index (χ1n) is 5.82. The van der Waals surface area contributed by atoms with Gasteiger partial charge < -0.3 is 5.73 Å². The van der Waals surface area contributed by atoms with Gasteiger partial charge in [0.2, 0.25) is 0 Å². The van der Waals surface area contributed by atoms with Crippen molar-refractivity contribution in [1.29, 1.82) is 0 Å². The highest BCUT2D eigenvalue weighted by Gasteiger charge is 1.98. The number of nitrogens with two attached hydrogens (primary N) is 1. The molecule has 0 aromatic heterocycles. The zero-order chi connectivity index (χ0) is 12.7. The second-order valence-corrected chi connectivity index (χ2v) is 4.41. The molecule has 92 valence electrons. The average Bonchev–Trinajstić information content (AvgIpc) is 2.34. The third kappa shape index (κ3) is 4.95. The van der Waals surface area contributed by atoms with Crippen LogP contribution < -0.4 is 11.2 Å². The topological polar surface area (TPSA) is 50.4 Å². The molecule has 0 heterocycles. The number of unbranched alkanes of at least 4 members (excludes halogenated alkanes) is 1. The number of rotatable bonds is 5. The fourth-order valence-corrected chi connectivity index (χ4v) is 1.54. The molecule has 1 aromatic carbocycles. The van der Waals surface area contributed by atoms with Crippen LogP contribution in [0, 0.1) is 0 Å². The van der Waals surface area contributed by atoms with E-state index in [2.05, 4.69) is 41.7 Å². The summed E-state index contributed by atoms with van der Waals surface area (Å²) in [6.07, 6.45) is 3.59. The molecule has 0 saturated heterocycles. The first-order chi connectivity index (χ1) is 8.13. The molecule has 0 aliphatic rings. The quantitative estimate of drug-likeness (QED) is 0.479. The van der Waals surface area contributed by atoms with Crippen molar-refractivity contribution >= 4 is 23.0 Å². The number of hydrogen-bond acceptors (Lipinski definition) is 2. The van der Waals surface area contributed by atoms with Gasteiger partial charge in [-0.15, -0.1) is 0 Å². The van der Waals surface area contributed by atoms with E-state index in [-0.39, 0.29) is 5.11 Å². The Morgan fingerprint density at radius 3 is 2.53 bits per heavy atom. The lowest BCUT2D eigenvalue weighted by Gasteiger charge is -2.04. The highest BCUT2D eigenvalue weighted by molar-refractivity contribution is 7.80. The van der Waals surface area contributed by atoms with Gasteiger partial charge in [-0.05, 0) is 43.1 Å². The normalized spacial score (nSPS) is 11.3. The average molecular weight is 249 g/mol. The van der Waals surface area contributed by atoms with Crippen molar-refractivity contribution in [3.63, 3.8) is 0 Å². The summed E-state index contributed by atoms with van der Waals surface area (Å²) in [5, 5.41) is 4.27. The van der Waals surface area contributed by atoms with Gasteiger partial charge >= 0.3 is 0 Å². The molecular weight excluding hydrogens is 230 g/mol. The van der Waals surface area contributed by atoms with E-state index >= 15 is 0 Å². The van der Waals surface area contributed by atoms with Gasteiger partial charge in [0.15, 0.2) is 5.11 Å². The van der Waals surface area contributed by atoms with Crippen LogP contribution in [0.5, 0.6) is 0 Å². The third-order valence-corrected chi connectivity index (χ3v) is 2.62. The Bertz CT molecular complexity index is 396. The third-order valence-electron chi connectivity index (χ3n) is 2.52. The molecule has 0 radical (unpaired) electrons. The SMILES string of the molecule is CCCCc1ccc(C(C)=NNC(N)=S)cc1. The Labute approximate surface area is 108 Å². The smallest absolute Gasteiger partial charge is 0.184 e. The second kappa shape index (κ2) is 7.01. The van der Waals surface area contributed by atoms with Gasteiger partial charge in [-0.3, -0.25) is 5.43 Å². The van der Waals surface area contributed by atoms with Crippen molar-refractivity contribution in [2.24, 2.45) is 10.8 Å². The minimum atomic E-state index is 0.184. The van der Waals surface area contributed by atoms with Crippen LogP contribution in [-0.4, -0.2) is 10.8 Å². The van der Waals surface area contributed by atoms with Crippen molar-refractivity contribution in [2.45, 2.75) is 33.1 Å². The zero-order valence-corrected chi connectivity index (χ0v) is 11.2. The molecule has 17 heavy (non-hydrogen) atoms. The van der Waals surface area contributed by atoms with Crippen LogP contribution in [0.2, 0.25) is 0 Å². The Morgan fingerprint density at radius 1 is 1.35 bits per heavy atom. The van der Waals surface area contributed by atoms with Crippen molar-refractivity contribution in [3.8, 4) is 0 Å². The van der Waals surface area contributed by atoms with Gasteiger partial charge in [0, 0.05) is 0 Å². The standard InChI is InChI=1S/C13H19N3S/c1-3-4-5-11-6-8-12(9-7-11)10(2)15-16-13(14)17/h6-9H,3-5H2,1-2H3,(H3,14,16,17). The van der Waals surface area contributed by atoms with E-state index in [1.165, 1.54) is 18.4 Å². The summed E-state index contributed by atoms with van der Waals surface area (Å²) in [6.45, 7) is 4.12. The Kier molecular flexibility index (Phi) is 5.63. The Hall–Kier alpha value is -1.42. The van der Waals surface area contributed by atoms with Gasteiger partial charge in [0.25, 0.3) is 0 Å². The number of aryl methyl sites for hydroxylation is 1. The molecule has 4 heteroatoms. The molecule has 1 aromatic rings. The molecule has 0 spiro atoms. The molecule has 0 bridgehead atoms. The molecule has 0 unspecified atom stereocenters. The van der Waals surface area contributed by atoms with Crippen LogP contribution in [-0.2, 0) is 6.42 Å². The molecule has 1 rings (SSSR count). The van der Waals surface area contributed by atoms with Gasteiger partial charge in [0.05, 0.1) is 5.71 Å². The highest BCUT2D eigenvalue weighted by atomic mass is 32.1. The van der Waals surface area contributed by atoms with E-state index in [1.54, 1.807) is 0 Å². The van der Waals surface area contributed by atoms with E-state index in [4.69, 9.17) is 18.0 Å². The van der Waals surface area contributed by atoms with Crippen molar-refractivity contribution in [2.75, 3.05) is 0 Å². The first kappa shape index (κ1) is 13.6. The highest BCUT2D eigenvalue weighted by Crippen LogP contribution is 2.08. The Balaban J connectivity index is 2.66. The summed E-state index contributed by atoms with van der Waals surface area (Å²) < 4.78 is 0. The number of hydrogen-bond donors (Lipinski definition) is 2. The summed E-state index contributed by atoms with van der Waals surface area (Å²) >= 11 is 4.69. The lowest BCUT2D eigenvalue weighted by molar-refractivity contribution is 0.795. The van der Waals surface area contributed by atoms with Crippen molar-refractivity contribution in [1.82, 2.24) is 5.43 Å². The minimum Gasteiger partial charge on any atom is -0.375 e. The van der Waals surface area contributed by atoms with Crippen molar-refractivity contribution < 1.29 is 0 Å². The zero-order valence-electron chi connectivity index (χ0n) is 10.4. The van der Waals surface area contributed by atoms with Crippen LogP contribution in [0.25, 0.3) is 0 Å². The number of nitrogens with zero attached hydrogens (tertiary/aromatic N) is 1. The van der Waals surface area contributed by atoms with E-state index in [0.29, 0.717) is 0 Å². The van der Waals surface area contributed by atoms with E-state index < -0.39 is 0 Å². The van der Waals surface area contributed by atoms with Crippen LogP contribution >= 0.6 is 12.2 Å². The number of hydrazone groups is 1. The predicted octanol–water partition coefficient (Wildman–Crippen LogP) is 2.59. The minimum absolute atomic E-state index is 0.184. The maximum atomic E-state index is 5.31. The van der Waals surface area contributed by atoms with Crippen LogP contribution in [0.15, 0.2) is 29.4 Å². The summed E-state index contributed by atoms with van der Waals surface area (Å²) in [6, 6.07) is 8.44.